The Hall–Kier alpha value is -1.03. The van der Waals surface area contributed by atoms with Crippen LogP contribution < -0.4 is 5.73 Å². The molecule has 0 heterocycles. The van der Waals surface area contributed by atoms with E-state index >= 15 is 0 Å². The Labute approximate surface area is 104 Å². The van der Waals surface area contributed by atoms with Crippen molar-refractivity contribution < 1.29 is 9.90 Å². The van der Waals surface area contributed by atoms with Crippen molar-refractivity contribution in [1.29, 1.82) is 0 Å². The fourth-order valence-corrected chi connectivity index (χ4v) is 1.73. The number of phenols is 1. The van der Waals surface area contributed by atoms with E-state index in [0.717, 1.165) is 5.56 Å². The van der Waals surface area contributed by atoms with Gasteiger partial charge in [-0.3, -0.25) is 4.79 Å². The largest absolute Gasteiger partial charge is 0.507 e. The Morgan fingerprint density at radius 2 is 2.00 bits per heavy atom. The number of hydrogen-bond acceptors (Lipinski definition) is 3. The lowest BCUT2D eigenvalue weighted by Crippen LogP contribution is -2.21. The average molecular weight is 286 g/mol. The smallest absolute Gasteiger partial charge is 0.182 e. The highest BCUT2D eigenvalue weighted by atomic mass is 79.9. The van der Waals surface area contributed by atoms with E-state index in [4.69, 9.17) is 5.73 Å². The number of carbonyl (C=O) groups excluding carboxylic acids is 1. The van der Waals surface area contributed by atoms with Crippen LogP contribution in [0, 0.1) is 12.8 Å². The number of carbonyl (C=O) groups is 1. The molecule has 1 aromatic rings. The zero-order valence-electron chi connectivity index (χ0n) is 9.62. The van der Waals surface area contributed by atoms with Crippen LogP contribution in [-0.4, -0.2) is 15.7 Å². The van der Waals surface area contributed by atoms with Crippen molar-refractivity contribution in [2.75, 3.05) is 5.73 Å². The molecule has 3 N–H and O–H groups in total. The minimum Gasteiger partial charge on any atom is -0.507 e. The topological polar surface area (TPSA) is 63.3 Å². The molecule has 0 saturated heterocycles. The van der Waals surface area contributed by atoms with Crippen LogP contribution in [-0.2, 0) is 0 Å². The molecule has 0 bridgehead atoms. The van der Waals surface area contributed by atoms with Gasteiger partial charge in [-0.25, -0.2) is 0 Å². The van der Waals surface area contributed by atoms with Crippen LogP contribution in [0.25, 0.3) is 0 Å². The van der Waals surface area contributed by atoms with Gasteiger partial charge in [0.15, 0.2) is 5.78 Å². The number of rotatable bonds is 3. The van der Waals surface area contributed by atoms with Crippen LogP contribution in [0.4, 0.5) is 5.69 Å². The quantitative estimate of drug-likeness (QED) is 0.510. The highest BCUT2D eigenvalue weighted by Crippen LogP contribution is 2.29. The van der Waals surface area contributed by atoms with Crippen LogP contribution in [0.1, 0.15) is 29.8 Å². The summed E-state index contributed by atoms with van der Waals surface area (Å²) in [5.41, 5.74) is 7.13. The first kappa shape index (κ1) is 13.0. The summed E-state index contributed by atoms with van der Waals surface area (Å²) < 4.78 is 0. The van der Waals surface area contributed by atoms with Crippen LogP contribution >= 0.6 is 15.9 Å². The second-order valence-electron chi connectivity index (χ2n) is 4.26. The number of phenolic OH excluding ortho intramolecular Hbond substituents is 1. The number of aromatic hydroxyl groups is 1. The molecule has 0 amide bonds. The molecule has 4 heteroatoms. The van der Waals surface area contributed by atoms with Gasteiger partial charge in [0.1, 0.15) is 5.75 Å². The van der Waals surface area contributed by atoms with Gasteiger partial charge in [0, 0.05) is 5.69 Å². The first-order chi connectivity index (χ1) is 7.34. The summed E-state index contributed by atoms with van der Waals surface area (Å²) in [6.45, 7) is 5.68. The van der Waals surface area contributed by atoms with Crippen molar-refractivity contribution in [2.24, 2.45) is 5.92 Å². The molecule has 1 aromatic carbocycles. The molecule has 0 aromatic heterocycles. The minimum atomic E-state index is -0.330. The maximum atomic E-state index is 12.1. The molecule has 88 valence electrons. The molecular weight excluding hydrogens is 270 g/mol. The van der Waals surface area contributed by atoms with E-state index in [1.165, 1.54) is 0 Å². The predicted molar refractivity (Wildman–Crippen MR) is 69.1 cm³/mol. The van der Waals surface area contributed by atoms with Gasteiger partial charge in [0.25, 0.3) is 0 Å². The van der Waals surface area contributed by atoms with Crippen molar-refractivity contribution in [2.45, 2.75) is 25.6 Å². The molecule has 0 radical (unpaired) electrons. The Kier molecular flexibility index (Phi) is 3.97. The summed E-state index contributed by atoms with van der Waals surface area (Å²) in [5.74, 6) is -0.0785. The van der Waals surface area contributed by atoms with E-state index in [0.29, 0.717) is 5.69 Å². The van der Waals surface area contributed by atoms with Crippen LogP contribution in [0.3, 0.4) is 0 Å². The second kappa shape index (κ2) is 4.87. The predicted octanol–water partition coefficient (Wildman–Crippen LogP) is 2.89. The SMILES string of the molecule is Cc1cc(N)c(C(=O)C(Br)C(C)C)c(O)c1. The molecule has 0 aliphatic heterocycles. The molecule has 1 atom stereocenters. The summed E-state index contributed by atoms with van der Waals surface area (Å²) in [6.07, 6.45) is 0. The minimum absolute atomic E-state index is 0.0485. The van der Waals surface area contributed by atoms with Gasteiger partial charge in [-0.2, -0.15) is 0 Å². The Morgan fingerprint density at radius 3 is 2.44 bits per heavy atom. The maximum Gasteiger partial charge on any atom is 0.182 e. The molecule has 1 unspecified atom stereocenters. The van der Waals surface area contributed by atoms with E-state index in [-0.39, 0.29) is 27.8 Å². The lowest BCUT2D eigenvalue weighted by molar-refractivity contribution is 0.0976. The third-order valence-corrected chi connectivity index (χ3v) is 3.85. The van der Waals surface area contributed by atoms with Crippen molar-refractivity contribution in [1.82, 2.24) is 0 Å². The Morgan fingerprint density at radius 1 is 1.44 bits per heavy atom. The summed E-state index contributed by atoms with van der Waals surface area (Å²) in [6, 6.07) is 3.23. The Balaban J connectivity index is 3.19. The monoisotopic (exact) mass is 285 g/mol. The number of anilines is 1. The lowest BCUT2D eigenvalue weighted by Gasteiger charge is -2.15. The molecule has 16 heavy (non-hydrogen) atoms. The fourth-order valence-electron chi connectivity index (χ4n) is 1.50. The van der Waals surface area contributed by atoms with Gasteiger partial charge in [0.2, 0.25) is 0 Å². The Bertz CT molecular complexity index is 392. The van der Waals surface area contributed by atoms with Crippen molar-refractivity contribution in [3.63, 3.8) is 0 Å². The van der Waals surface area contributed by atoms with Crippen LogP contribution in [0.5, 0.6) is 5.75 Å². The van der Waals surface area contributed by atoms with Crippen LogP contribution in [0.15, 0.2) is 12.1 Å². The summed E-state index contributed by atoms with van der Waals surface area (Å²) in [7, 11) is 0. The van der Waals surface area contributed by atoms with E-state index in [9.17, 15) is 9.90 Å². The van der Waals surface area contributed by atoms with Crippen LogP contribution in [0.2, 0.25) is 0 Å². The summed E-state index contributed by atoms with van der Waals surface area (Å²) in [5, 5.41) is 9.75. The number of Topliss-reactive ketones (excluding diaryl/α,β-unsaturated/α-hetero) is 1. The molecule has 0 aliphatic rings. The fraction of sp³-hybridized carbons (Fsp3) is 0.417. The lowest BCUT2D eigenvalue weighted by atomic mass is 9.98. The first-order valence-electron chi connectivity index (χ1n) is 5.12. The molecule has 0 aliphatic carbocycles. The summed E-state index contributed by atoms with van der Waals surface area (Å²) >= 11 is 3.31. The number of halogens is 1. The van der Waals surface area contributed by atoms with E-state index in [1.807, 2.05) is 20.8 Å². The molecule has 1 rings (SSSR count). The normalized spacial score (nSPS) is 12.8. The molecular formula is C12H16BrNO2. The molecule has 3 nitrogen and oxygen atoms in total. The highest BCUT2D eigenvalue weighted by Gasteiger charge is 2.24. The van der Waals surface area contributed by atoms with Gasteiger partial charge in [-0.15, -0.1) is 0 Å². The third-order valence-electron chi connectivity index (χ3n) is 2.37. The number of nitrogens with two attached hydrogens (primary N) is 1. The zero-order chi connectivity index (χ0) is 12.5. The number of alkyl halides is 1. The summed E-state index contributed by atoms with van der Waals surface area (Å²) in [4.78, 5) is 11.7. The zero-order valence-corrected chi connectivity index (χ0v) is 11.2. The van der Waals surface area contributed by atoms with E-state index in [1.54, 1.807) is 12.1 Å². The van der Waals surface area contributed by atoms with Gasteiger partial charge in [-0.1, -0.05) is 29.8 Å². The van der Waals surface area contributed by atoms with E-state index < -0.39 is 0 Å². The van der Waals surface area contributed by atoms with Gasteiger partial charge in [0.05, 0.1) is 10.4 Å². The van der Waals surface area contributed by atoms with E-state index in [2.05, 4.69) is 15.9 Å². The molecule has 0 saturated carbocycles. The van der Waals surface area contributed by atoms with Gasteiger partial charge >= 0.3 is 0 Å². The highest BCUT2D eigenvalue weighted by molar-refractivity contribution is 9.10. The second-order valence-corrected chi connectivity index (χ2v) is 5.24. The standard InChI is InChI=1S/C12H16BrNO2/c1-6(2)11(13)12(16)10-8(14)4-7(3)5-9(10)15/h4-6,11,15H,14H2,1-3H3. The van der Waals surface area contributed by atoms with Gasteiger partial charge < -0.3 is 10.8 Å². The number of ketones is 1. The number of nitrogen functional groups attached to an aromatic ring is 1. The van der Waals surface area contributed by atoms with Crippen molar-refractivity contribution in [3.05, 3.63) is 23.3 Å². The number of aryl methyl sites for hydroxylation is 1. The number of benzene rings is 1. The molecule has 0 spiro atoms. The van der Waals surface area contributed by atoms with Gasteiger partial charge in [-0.05, 0) is 30.5 Å². The van der Waals surface area contributed by atoms with Crippen molar-refractivity contribution >= 4 is 27.4 Å². The maximum absolute atomic E-state index is 12.1. The first-order valence-corrected chi connectivity index (χ1v) is 6.03. The average Bonchev–Trinajstić information content (AvgIpc) is 2.14. The van der Waals surface area contributed by atoms with Crippen molar-refractivity contribution in [3.8, 4) is 5.75 Å². The third kappa shape index (κ3) is 2.55. The number of hydrogen-bond donors (Lipinski definition) is 2. The molecule has 0 fully saturated rings.